The maximum atomic E-state index is 13.8. The van der Waals surface area contributed by atoms with Gasteiger partial charge in [-0.25, -0.2) is 12.8 Å². The van der Waals surface area contributed by atoms with Crippen molar-refractivity contribution in [1.29, 1.82) is 0 Å². The van der Waals surface area contributed by atoms with Crippen LogP contribution in [0.3, 0.4) is 0 Å². The van der Waals surface area contributed by atoms with Gasteiger partial charge in [0.25, 0.3) is 0 Å². The number of hydrogen-bond donors (Lipinski definition) is 1. The molecular weight excluding hydrogens is 413 g/mol. The molecule has 0 aliphatic rings. The second kappa shape index (κ2) is 7.93. The first kappa shape index (κ1) is 21.5. The molecule has 0 radical (unpaired) electrons. The van der Waals surface area contributed by atoms with E-state index in [0.717, 1.165) is 10.1 Å². The van der Waals surface area contributed by atoms with Crippen LogP contribution >= 0.6 is 11.3 Å². The molecule has 3 aromatic rings. The highest BCUT2D eigenvalue weighted by Crippen LogP contribution is 2.45. The van der Waals surface area contributed by atoms with Crippen molar-refractivity contribution in [3.63, 3.8) is 0 Å². The van der Waals surface area contributed by atoms with Gasteiger partial charge in [0.2, 0.25) is 10.0 Å². The molecule has 0 unspecified atom stereocenters. The Morgan fingerprint density at radius 2 is 1.90 bits per heavy atom. The lowest BCUT2D eigenvalue weighted by molar-refractivity contribution is 0.0811. The van der Waals surface area contributed by atoms with Gasteiger partial charge in [-0.15, -0.1) is 11.3 Å². The van der Waals surface area contributed by atoms with Gasteiger partial charge in [0.05, 0.1) is 25.0 Å². The number of anilines is 1. The Labute approximate surface area is 174 Å². The van der Waals surface area contributed by atoms with Crippen molar-refractivity contribution in [3.05, 3.63) is 59.4 Å². The Morgan fingerprint density at radius 3 is 2.52 bits per heavy atom. The van der Waals surface area contributed by atoms with Crippen molar-refractivity contribution >= 4 is 36.4 Å². The molecule has 1 aromatic heterocycles. The highest BCUT2D eigenvalue weighted by molar-refractivity contribution is 7.92. The molecule has 29 heavy (non-hydrogen) atoms. The summed E-state index contributed by atoms with van der Waals surface area (Å²) in [6.07, 6.45) is 0. The fourth-order valence-corrected chi connectivity index (χ4v) is 5.94. The summed E-state index contributed by atoms with van der Waals surface area (Å²) in [5.41, 5.74) is -0.111. The van der Waals surface area contributed by atoms with Crippen LogP contribution in [-0.4, -0.2) is 26.4 Å². The van der Waals surface area contributed by atoms with Crippen LogP contribution in [0.15, 0.2) is 42.5 Å². The molecule has 0 saturated carbocycles. The van der Waals surface area contributed by atoms with E-state index in [1.54, 1.807) is 20.8 Å². The topological polar surface area (TPSA) is 66.8 Å². The van der Waals surface area contributed by atoms with E-state index in [1.807, 2.05) is 24.3 Å². The molecule has 0 spiro atoms. The zero-order chi connectivity index (χ0) is 21.4. The molecule has 0 aliphatic carbocycles. The van der Waals surface area contributed by atoms with Crippen LogP contribution in [-0.2, 0) is 22.2 Å². The molecule has 0 amide bonds. The summed E-state index contributed by atoms with van der Waals surface area (Å²) in [4.78, 5) is 0. The standard InChI is InChI=1S/C21H24FNO4S2/c1-5-29(25,26)23(13-14-10-11-16(22)17(12-14)27-4)20-19(21(2,3)24)15-8-6-7-9-18(15)28-20/h6-12,24H,5,13H2,1-4H3. The van der Waals surface area contributed by atoms with E-state index in [4.69, 9.17) is 4.74 Å². The summed E-state index contributed by atoms with van der Waals surface area (Å²) in [6.45, 7) is 4.86. The highest BCUT2D eigenvalue weighted by atomic mass is 32.2. The lowest BCUT2D eigenvalue weighted by atomic mass is 9.96. The minimum Gasteiger partial charge on any atom is -0.494 e. The van der Waals surface area contributed by atoms with Crippen LogP contribution in [0.4, 0.5) is 9.39 Å². The fourth-order valence-electron chi connectivity index (χ4n) is 3.22. The summed E-state index contributed by atoms with van der Waals surface area (Å²) in [5.74, 6) is -0.569. The van der Waals surface area contributed by atoms with E-state index < -0.39 is 21.4 Å². The molecule has 2 aromatic carbocycles. The number of thiophene rings is 1. The van der Waals surface area contributed by atoms with E-state index in [0.29, 0.717) is 16.1 Å². The molecule has 1 heterocycles. The van der Waals surface area contributed by atoms with Crippen LogP contribution in [0.5, 0.6) is 5.75 Å². The zero-order valence-corrected chi connectivity index (χ0v) is 18.4. The highest BCUT2D eigenvalue weighted by Gasteiger charge is 2.32. The van der Waals surface area contributed by atoms with Gasteiger partial charge in [0.15, 0.2) is 11.6 Å². The predicted octanol–water partition coefficient (Wildman–Crippen LogP) is 4.63. The second-order valence-electron chi connectivity index (χ2n) is 7.21. The van der Waals surface area contributed by atoms with Gasteiger partial charge < -0.3 is 9.84 Å². The van der Waals surface area contributed by atoms with E-state index in [9.17, 15) is 17.9 Å². The number of methoxy groups -OCH3 is 1. The number of ether oxygens (including phenoxy) is 1. The van der Waals surface area contributed by atoms with Gasteiger partial charge in [-0.2, -0.15) is 0 Å². The van der Waals surface area contributed by atoms with Crippen molar-refractivity contribution in [2.24, 2.45) is 0 Å². The van der Waals surface area contributed by atoms with Crippen LogP contribution in [0.25, 0.3) is 10.1 Å². The molecule has 3 rings (SSSR count). The molecule has 5 nitrogen and oxygen atoms in total. The Bertz CT molecular complexity index is 1130. The molecule has 156 valence electrons. The monoisotopic (exact) mass is 437 g/mol. The van der Waals surface area contributed by atoms with Gasteiger partial charge in [-0.05, 0) is 44.5 Å². The molecule has 8 heteroatoms. The van der Waals surface area contributed by atoms with Gasteiger partial charge in [-0.3, -0.25) is 4.31 Å². The lowest BCUT2D eigenvalue weighted by Gasteiger charge is -2.27. The smallest absolute Gasteiger partial charge is 0.235 e. The zero-order valence-electron chi connectivity index (χ0n) is 16.8. The summed E-state index contributed by atoms with van der Waals surface area (Å²) in [5, 5.41) is 12.1. The number of aliphatic hydroxyl groups is 1. The van der Waals surface area contributed by atoms with Gasteiger partial charge in [-0.1, -0.05) is 24.3 Å². The molecule has 0 bridgehead atoms. The third-order valence-electron chi connectivity index (χ3n) is 4.66. The first-order chi connectivity index (χ1) is 13.6. The summed E-state index contributed by atoms with van der Waals surface area (Å²) < 4.78 is 47.1. The summed E-state index contributed by atoms with van der Waals surface area (Å²) in [7, 11) is -2.31. The first-order valence-corrected chi connectivity index (χ1v) is 11.6. The van der Waals surface area contributed by atoms with Crippen LogP contribution < -0.4 is 9.04 Å². The Morgan fingerprint density at radius 1 is 1.21 bits per heavy atom. The van der Waals surface area contributed by atoms with E-state index in [2.05, 4.69) is 0 Å². The quantitative estimate of drug-likeness (QED) is 0.585. The average Bonchev–Trinajstić information content (AvgIpc) is 3.06. The molecule has 0 atom stereocenters. The number of halogens is 1. The number of nitrogens with zero attached hydrogens (tertiary/aromatic N) is 1. The maximum absolute atomic E-state index is 13.8. The number of benzene rings is 2. The minimum atomic E-state index is -3.67. The Kier molecular flexibility index (Phi) is 5.89. The largest absolute Gasteiger partial charge is 0.494 e. The Hall–Kier alpha value is -2.16. The minimum absolute atomic E-state index is 0.00269. The van der Waals surface area contributed by atoms with Crippen molar-refractivity contribution in [2.45, 2.75) is 32.9 Å². The number of fused-ring (bicyclic) bond motifs is 1. The van der Waals surface area contributed by atoms with Crippen molar-refractivity contribution in [2.75, 3.05) is 17.2 Å². The molecular formula is C21H24FNO4S2. The molecule has 0 aliphatic heterocycles. The van der Waals surface area contributed by atoms with Crippen molar-refractivity contribution < 1.29 is 22.7 Å². The van der Waals surface area contributed by atoms with Crippen LogP contribution in [0.2, 0.25) is 0 Å². The van der Waals surface area contributed by atoms with E-state index in [-0.39, 0.29) is 18.0 Å². The van der Waals surface area contributed by atoms with Gasteiger partial charge in [0, 0.05) is 15.6 Å². The summed E-state index contributed by atoms with van der Waals surface area (Å²) >= 11 is 1.31. The third kappa shape index (κ3) is 4.24. The summed E-state index contributed by atoms with van der Waals surface area (Å²) in [6, 6.07) is 11.8. The number of sulfonamides is 1. The number of hydrogen-bond acceptors (Lipinski definition) is 5. The fraction of sp³-hybridized carbons (Fsp3) is 0.333. The van der Waals surface area contributed by atoms with Crippen molar-refractivity contribution in [1.82, 2.24) is 0 Å². The van der Waals surface area contributed by atoms with Crippen LogP contribution in [0, 0.1) is 5.82 Å². The average molecular weight is 438 g/mol. The third-order valence-corrected chi connectivity index (χ3v) is 7.68. The maximum Gasteiger partial charge on any atom is 0.235 e. The van der Waals surface area contributed by atoms with Gasteiger partial charge in [0.1, 0.15) is 5.00 Å². The van der Waals surface area contributed by atoms with Crippen LogP contribution in [0.1, 0.15) is 31.9 Å². The predicted molar refractivity (Wildman–Crippen MR) is 116 cm³/mol. The van der Waals surface area contributed by atoms with Gasteiger partial charge >= 0.3 is 0 Å². The first-order valence-electron chi connectivity index (χ1n) is 9.15. The number of rotatable bonds is 7. The molecule has 0 fully saturated rings. The second-order valence-corrected chi connectivity index (χ2v) is 10.4. The normalized spacial score (nSPS) is 12.3. The van der Waals surface area contributed by atoms with E-state index >= 15 is 0 Å². The lowest BCUT2D eigenvalue weighted by Crippen LogP contribution is -2.33. The van der Waals surface area contributed by atoms with E-state index in [1.165, 1.54) is 41.0 Å². The van der Waals surface area contributed by atoms with Crippen molar-refractivity contribution in [3.8, 4) is 5.75 Å². The molecule has 1 N–H and O–H groups in total. The SMILES string of the molecule is CCS(=O)(=O)N(Cc1ccc(F)c(OC)c1)c1sc2ccccc2c1C(C)(C)O. The molecule has 0 saturated heterocycles. The Balaban J connectivity index is 2.22.